The van der Waals surface area contributed by atoms with Crippen molar-refractivity contribution in [2.24, 2.45) is 5.92 Å². The smallest absolute Gasteiger partial charge is 0.251 e. The van der Waals surface area contributed by atoms with Gasteiger partial charge in [-0.05, 0) is 48.7 Å². The van der Waals surface area contributed by atoms with Gasteiger partial charge in [0.1, 0.15) is 5.82 Å². The molecule has 2 aromatic carbocycles. The number of hydrogen-bond donors (Lipinski definition) is 1. The van der Waals surface area contributed by atoms with Crippen LogP contribution in [-0.4, -0.2) is 56.6 Å². The minimum absolute atomic E-state index is 0.0535. The van der Waals surface area contributed by atoms with Crippen molar-refractivity contribution in [2.75, 3.05) is 27.2 Å². The van der Waals surface area contributed by atoms with Crippen LogP contribution in [0.3, 0.4) is 0 Å². The summed E-state index contributed by atoms with van der Waals surface area (Å²) >= 11 is 5.73. The molecule has 1 fully saturated rings. The van der Waals surface area contributed by atoms with E-state index >= 15 is 0 Å². The van der Waals surface area contributed by atoms with Crippen molar-refractivity contribution in [3.8, 4) is 0 Å². The quantitative estimate of drug-likeness (QED) is 0.687. The largest absolute Gasteiger partial charge is 0.355 e. The number of sulfonamides is 1. The molecule has 0 radical (unpaired) electrons. The molecule has 1 heterocycles. The first-order chi connectivity index (χ1) is 15.1. The number of amides is 2. The zero-order chi connectivity index (χ0) is 23.5. The fraction of sp³-hybridized carbons (Fsp3) is 0.364. The highest BCUT2D eigenvalue weighted by Crippen LogP contribution is 2.27. The molecule has 2 amide bonds. The van der Waals surface area contributed by atoms with Crippen molar-refractivity contribution >= 4 is 33.4 Å². The molecule has 0 unspecified atom stereocenters. The van der Waals surface area contributed by atoms with Gasteiger partial charge in [-0.3, -0.25) is 9.59 Å². The Morgan fingerprint density at radius 1 is 1.16 bits per heavy atom. The second-order valence-corrected chi connectivity index (χ2v) is 10.1. The van der Waals surface area contributed by atoms with Gasteiger partial charge < -0.3 is 10.2 Å². The van der Waals surface area contributed by atoms with Crippen molar-refractivity contribution in [1.82, 2.24) is 14.5 Å². The van der Waals surface area contributed by atoms with Gasteiger partial charge in [-0.25, -0.2) is 12.8 Å². The first-order valence-corrected chi connectivity index (χ1v) is 12.0. The molecule has 0 atom stereocenters. The average molecular weight is 482 g/mol. The van der Waals surface area contributed by atoms with E-state index in [-0.39, 0.29) is 40.7 Å². The molecule has 1 saturated heterocycles. The van der Waals surface area contributed by atoms with Gasteiger partial charge in [-0.2, -0.15) is 4.31 Å². The predicted molar refractivity (Wildman–Crippen MR) is 119 cm³/mol. The van der Waals surface area contributed by atoms with Crippen molar-refractivity contribution in [3.63, 3.8) is 0 Å². The van der Waals surface area contributed by atoms with Crippen molar-refractivity contribution in [1.29, 1.82) is 0 Å². The zero-order valence-electron chi connectivity index (χ0n) is 17.8. The molecule has 1 aliphatic rings. The molecule has 3 rings (SSSR count). The number of carbonyl (C=O) groups excluding carboxylic acids is 2. The fourth-order valence-electron chi connectivity index (χ4n) is 3.70. The van der Waals surface area contributed by atoms with Gasteiger partial charge >= 0.3 is 0 Å². The first-order valence-electron chi connectivity index (χ1n) is 10.1. The van der Waals surface area contributed by atoms with E-state index in [2.05, 4.69) is 5.32 Å². The highest BCUT2D eigenvalue weighted by molar-refractivity contribution is 7.89. The van der Waals surface area contributed by atoms with Gasteiger partial charge in [0, 0.05) is 45.2 Å². The molecule has 2 aromatic rings. The number of nitrogens with one attached hydrogen (secondary N) is 1. The molecular weight excluding hydrogens is 457 g/mol. The molecule has 7 nitrogen and oxygen atoms in total. The second kappa shape index (κ2) is 9.97. The number of carbonyl (C=O) groups is 2. The van der Waals surface area contributed by atoms with Crippen molar-refractivity contribution in [3.05, 3.63) is 64.4 Å². The van der Waals surface area contributed by atoms with Gasteiger partial charge in [0.25, 0.3) is 5.91 Å². The lowest BCUT2D eigenvalue weighted by atomic mass is 9.96. The van der Waals surface area contributed by atoms with Crippen LogP contribution in [0.1, 0.15) is 28.8 Å². The van der Waals surface area contributed by atoms with Crippen LogP contribution < -0.4 is 5.32 Å². The van der Waals surface area contributed by atoms with Crippen LogP contribution in [0.2, 0.25) is 5.02 Å². The average Bonchev–Trinajstić information content (AvgIpc) is 2.80. The lowest BCUT2D eigenvalue weighted by Crippen LogP contribution is -2.43. The minimum Gasteiger partial charge on any atom is -0.355 e. The lowest BCUT2D eigenvalue weighted by Gasteiger charge is -2.32. The van der Waals surface area contributed by atoms with E-state index in [0.29, 0.717) is 24.9 Å². The number of halogens is 2. The summed E-state index contributed by atoms with van der Waals surface area (Å²) in [6.07, 6.45) is 0.792. The van der Waals surface area contributed by atoms with Crippen LogP contribution in [0.25, 0.3) is 0 Å². The molecule has 0 bridgehead atoms. The second-order valence-electron chi connectivity index (χ2n) is 7.72. The van der Waals surface area contributed by atoms with E-state index in [9.17, 15) is 22.4 Å². The Labute approximate surface area is 192 Å². The topological polar surface area (TPSA) is 86.8 Å². The number of piperidine rings is 1. The van der Waals surface area contributed by atoms with Crippen LogP contribution in [-0.2, 0) is 21.4 Å². The van der Waals surface area contributed by atoms with Crippen LogP contribution in [0.4, 0.5) is 4.39 Å². The Hall–Kier alpha value is -2.49. The Kier molecular flexibility index (Phi) is 7.53. The maximum absolute atomic E-state index is 13.4. The standard InChI is InChI=1S/C22H25ClFN3O4S/c1-25-21(28)16-5-3-15(4-6-16)14-26(2)22(29)17-9-11-27(12-10-17)32(30,31)18-7-8-20(24)19(23)13-18/h3-8,13,17H,9-12,14H2,1-2H3,(H,25,28). The zero-order valence-corrected chi connectivity index (χ0v) is 19.4. The van der Waals surface area contributed by atoms with Gasteiger partial charge in [0.2, 0.25) is 15.9 Å². The molecule has 172 valence electrons. The third-order valence-corrected chi connectivity index (χ3v) is 7.76. The van der Waals surface area contributed by atoms with Crippen LogP contribution >= 0.6 is 11.6 Å². The predicted octanol–water partition coefficient (Wildman–Crippen LogP) is 2.90. The van der Waals surface area contributed by atoms with E-state index in [4.69, 9.17) is 11.6 Å². The van der Waals surface area contributed by atoms with E-state index in [1.165, 1.54) is 10.4 Å². The first kappa shape index (κ1) is 24.2. The number of nitrogens with zero attached hydrogens (tertiary/aromatic N) is 2. The van der Waals surface area contributed by atoms with Gasteiger partial charge in [0.15, 0.2) is 0 Å². The summed E-state index contributed by atoms with van der Waals surface area (Å²) in [5.41, 5.74) is 1.43. The number of hydrogen-bond acceptors (Lipinski definition) is 4. The van der Waals surface area contributed by atoms with Gasteiger partial charge in [-0.15, -0.1) is 0 Å². The molecular formula is C22H25ClFN3O4S. The molecule has 1 N–H and O–H groups in total. The highest BCUT2D eigenvalue weighted by atomic mass is 35.5. The summed E-state index contributed by atoms with van der Waals surface area (Å²) in [6.45, 7) is 0.782. The fourth-order valence-corrected chi connectivity index (χ4v) is 5.44. The molecule has 0 aromatic heterocycles. The van der Waals surface area contributed by atoms with Crippen molar-refractivity contribution in [2.45, 2.75) is 24.3 Å². The van der Waals surface area contributed by atoms with E-state index in [1.54, 1.807) is 43.3 Å². The maximum Gasteiger partial charge on any atom is 0.251 e. The molecule has 10 heteroatoms. The Balaban J connectivity index is 1.58. The lowest BCUT2D eigenvalue weighted by molar-refractivity contribution is -0.135. The summed E-state index contributed by atoms with van der Waals surface area (Å²) in [7, 11) is -0.537. The summed E-state index contributed by atoms with van der Waals surface area (Å²) < 4.78 is 40.3. The highest BCUT2D eigenvalue weighted by Gasteiger charge is 2.33. The van der Waals surface area contributed by atoms with Crippen molar-refractivity contribution < 1.29 is 22.4 Å². The summed E-state index contributed by atoms with van der Waals surface area (Å²) in [5.74, 6) is -1.19. The van der Waals surface area contributed by atoms with E-state index in [0.717, 1.165) is 17.7 Å². The van der Waals surface area contributed by atoms with Crippen LogP contribution in [0.5, 0.6) is 0 Å². The van der Waals surface area contributed by atoms with E-state index < -0.39 is 15.8 Å². The summed E-state index contributed by atoms with van der Waals surface area (Å²) in [6, 6.07) is 10.3. The Bertz CT molecular complexity index is 1100. The monoisotopic (exact) mass is 481 g/mol. The summed E-state index contributed by atoms with van der Waals surface area (Å²) in [5, 5.41) is 2.31. The third-order valence-electron chi connectivity index (χ3n) is 5.57. The molecule has 0 spiro atoms. The molecule has 1 aliphatic heterocycles. The third kappa shape index (κ3) is 5.28. The molecule has 0 aliphatic carbocycles. The Morgan fingerprint density at radius 2 is 1.78 bits per heavy atom. The van der Waals surface area contributed by atoms with Gasteiger partial charge in [0.05, 0.1) is 9.92 Å². The van der Waals surface area contributed by atoms with Crippen LogP contribution in [0, 0.1) is 11.7 Å². The Morgan fingerprint density at radius 3 is 2.34 bits per heavy atom. The van der Waals surface area contributed by atoms with E-state index in [1.807, 2.05) is 0 Å². The maximum atomic E-state index is 13.4. The minimum atomic E-state index is -3.81. The normalized spacial score (nSPS) is 15.4. The van der Waals surface area contributed by atoms with Crippen LogP contribution in [0.15, 0.2) is 47.4 Å². The molecule has 32 heavy (non-hydrogen) atoms. The van der Waals surface area contributed by atoms with Gasteiger partial charge in [-0.1, -0.05) is 23.7 Å². The summed E-state index contributed by atoms with van der Waals surface area (Å²) in [4.78, 5) is 26.1. The molecule has 0 saturated carbocycles. The number of rotatable bonds is 6. The number of benzene rings is 2. The SMILES string of the molecule is CNC(=O)c1ccc(CN(C)C(=O)C2CCN(S(=O)(=O)c3ccc(F)c(Cl)c3)CC2)cc1.